The van der Waals surface area contributed by atoms with Crippen LogP contribution < -0.4 is 0 Å². The molecule has 0 amide bonds. The lowest BCUT2D eigenvalue weighted by Gasteiger charge is -2.31. The number of methoxy groups -OCH3 is 3. The Balaban J connectivity index is 1.38. The van der Waals surface area contributed by atoms with E-state index in [1.54, 1.807) is 14.2 Å². The van der Waals surface area contributed by atoms with Gasteiger partial charge in [-0.15, -0.1) is 0 Å². The van der Waals surface area contributed by atoms with Gasteiger partial charge in [0.2, 0.25) is 0 Å². The summed E-state index contributed by atoms with van der Waals surface area (Å²) in [7, 11) is 4.61. The average Bonchev–Trinajstić information content (AvgIpc) is 3.58. The Bertz CT molecular complexity index is 1230. The minimum absolute atomic E-state index is 0.143. The van der Waals surface area contributed by atoms with Crippen LogP contribution in [0.3, 0.4) is 0 Å². The van der Waals surface area contributed by atoms with Gasteiger partial charge in [-0.2, -0.15) is 0 Å². The highest BCUT2D eigenvalue weighted by Crippen LogP contribution is 2.34. The predicted octanol–water partition coefficient (Wildman–Crippen LogP) is 3.88. The normalized spacial score (nSPS) is 28.8. The largest absolute Gasteiger partial charge is 0.382 e. The van der Waals surface area contributed by atoms with E-state index in [1.807, 2.05) is 91.0 Å². The van der Waals surface area contributed by atoms with Crippen molar-refractivity contribution in [2.45, 2.75) is 75.1 Å². The number of hydrogen-bond acceptors (Lipinski definition) is 10. The maximum atomic E-state index is 10.5. The molecule has 2 fully saturated rings. The van der Waals surface area contributed by atoms with Gasteiger partial charge >= 0.3 is 0 Å². The highest BCUT2D eigenvalue weighted by atomic mass is 16.8. The number of benzene rings is 3. The van der Waals surface area contributed by atoms with Crippen molar-refractivity contribution in [1.82, 2.24) is 0 Å². The lowest BCUT2D eigenvalue weighted by atomic mass is 10.1. The fourth-order valence-electron chi connectivity index (χ4n) is 5.74. The molecule has 244 valence electrons. The molecule has 2 aliphatic rings. The summed E-state index contributed by atoms with van der Waals surface area (Å²) < 4.78 is 54.9. The minimum Gasteiger partial charge on any atom is -0.382 e. The molecule has 45 heavy (non-hydrogen) atoms. The van der Waals surface area contributed by atoms with Crippen LogP contribution in [0.25, 0.3) is 0 Å². The third-order valence-corrected chi connectivity index (χ3v) is 8.01. The molecule has 1 N–H and O–H groups in total. The summed E-state index contributed by atoms with van der Waals surface area (Å²) in [5, 5.41) is 10.5. The molecule has 3 aromatic carbocycles. The second-order valence-electron chi connectivity index (χ2n) is 11.1. The Morgan fingerprint density at radius 2 is 1.18 bits per heavy atom. The first-order valence-corrected chi connectivity index (χ1v) is 15.2. The van der Waals surface area contributed by atoms with E-state index in [9.17, 15) is 5.11 Å². The standard InChI is InChI=1S/C35H44O10/c1-37-22-27(30-31(38-2)32(39-3)34(36)45-30)43-35-33(42-21-26-17-11-6-12-18-26)29(41-20-25-15-9-5-10-16-25)28(44-35)23-40-19-24-13-7-4-8-14-24/h4-18,27-36H,19-23H2,1-3H3/t27-,28+,29+,30-,31-,32+,33-,34+,35-/m0/s1. The van der Waals surface area contributed by atoms with E-state index in [-0.39, 0.29) is 13.2 Å². The second-order valence-corrected chi connectivity index (χ2v) is 11.1. The number of rotatable bonds is 17. The van der Waals surface area contributed by atoms with Gasteiger partial charge in [-0.3, -0.25) is 0 Å². The summed E-state index contributed by atoms with van der Waals surface area (Å²) in [6.45, 7) is 1.48. The van der Waals surface area contributed by atoms with Gasteiger partial charge < -0.3 is 47.7 Å². The van der Waals surface area contributed by atoms with Gasteiger partial charge in [-0.25, -0.2) is 0 Å². The highest BCUT2D eigenvalue weighted by molar-refractivity contribution is 5.15. The number of aliphatic hydroxyl groups excluding tert-OH is 1. The maximum Gasteiger partial charge on any atom is 0.187 e. The van der Waals surface area contributed by atoms with Crippen LogP contribution in [0.2, 0.25) is 0 Å². The minimum atomic E-state index is -1.19. The van der Waals surface area contributed by atoms with Crippen molar-refractivity contribution >= 4 is 0 Å². The first-order chi connectivity index (χ1) is 22.1. The molecule has 0 unspecified atom stereocenters. The highest BCUT2D eigenvalue weighted by Gasteiger charge is 2.52. The zero-order chi connectivity index (χ0) is 31.4. The topological polar surface area (TPSA) is 103 Å². The van der Waals surface area contributed by atoms with E-state index < -0.39 is 55.3 Å². The Kier molecular flexibility index (Phi) is 12.9. The summed E-state index contributed by atoms with van der Waals surface area (Å²) in [5.41, 5.74) is 3.07. The molecule has 3 aromatic rings. The van der Waals surface area contributed by atoms with Gasteiger partial charge in [0.1, 0.15) is 42.7 Å². The van der Waals surface area contributed by atoms with Gasteiger partial charge in [-0.1, -0.05) is 91.0 Å². The van der Waals surface area contributed by atoms with E-state index in [4.69, 9.17) is 42.6 Å². The van der Waals surface area contributed by atoms with Gasteiger partial charge in [0, 0.05) is 21.3 Å². The summed E-state index contributed by atoms with van der Waals surface area (Å²) in [6.07, 6.45) is -6.44. The Morgan fingerprint density at radius 3 is 1.71 bits per heavy atom. The number of ether oxygens (including phenoxy) is 9. The molecule has 0 saturated carbocycles. The molecular formula is C35H44O10. The molecule has 0 radical (unpaired) electrons. The van der Waals surface area contributed by atoms with Crippen LogP contribution in [0.4, 0.5) is 0 Å². The maximum absolute atomic E-state index is 10.5. The lowest BCUT2D eigenvalue weighted by Crippen LogP contribution is -2.47. The Labute approximate surface area is 265 Å². The van der Waals surface area contributed by atoms with Crippen molar-refractivity contribution < 1.29 is 47.7 Å². The van der Waals surface area contributed by atoms with Crippen molar-refractivity contribution in [3.8, 4) is 0 Å². The summed E-state index contributed by atoms with van der Waals surface area (Å²) >= 11 is 0. The molecule has 0 aromatic heterocycles. The Morgan fingerprint density at radius 1 is 0.644 bits per heavy atom. The van der Waals surface area contributed by atoms with Crippen LogP contribution in [0.15, 0.2) is 91.0 Å². The van der Waals surface area contributed by atoms with Gasteiger partial charge in [0.05, 0.1) is 33.0 Å². The van der Waals surface area contributed by atoms with Crippen LogP contribution in [-0.4, -0.2) is 95.0 Å². The van der Waals surface area contributed by atoms with E-state index in [0.717, 1.165) is 16.7 Å². The third-order valence-electron chi connectivity index (χ3n) is 8.01. The van der Waals surface area contributed by atoms with Crippen LogP contribution >= 0.6 is 0 Å². The van der Waals surface area contributed by atoms with Gasteiger partial charge in [0.25, 0.3) is 0 Å². The van der Waals surface area contributed by atoms with Crippen LogP contribution in [-0.2, 0) is 62.5 Å². The molecular weight excluding hydrogens is 580 g/mol. The summed E-state index contributed by atoms with van der Waals surface area (Å²) in [4.78, 5) is 0. The first-order valence-electron chi connectivity index (χ1n) is 15.2. The number of aliphatic hydroxyl groups is 1. The van der Waals surface area contributed by atoms with Gasteiger partial charge in [-0.05, 0) is 16.7 Å². The van der Waals surface area contributed by atoms with Crippen molar-refractivity contribution in [3.05, 3.63) is 108 Å². The summed E-state index contributed by atoms with van der Waals surface area (Å²) in [5.74, 6) is 0. The zero-order valence-corrected chi connectivity index (χ0v) is 26.0. The molecule has 2 saturated heterocycles. The van der Waals surface area contributed by atoms with Crippen molar-refractivity contribution in [2.24, 2.45) is 0 Å². The fraction of sp³-hybridized carbons (Fsp3) is 0.486. The van der Waals surface area contributed by atoms with Crippen molar-refractivity contribution in [1.29, 1.82) is 0 Å². The molecule has 5 rings (SSSR count). The average molecular weight is 625 g/mol. The SMILES string of the molecule is COC[C@H](O[C@H]1O[C@H](COCc2ccccc2)[C@@H](OCc2ccccc2)[C@@H]1OCc1ccccc1)[C@@H]1O[C@@H](O)[C@H](OC)[C@H]1OC. The van der Waals surface area contributed by atoms with Crippen LogP contribution in [0.5, 0.6) is 0 Å². The first kappa shape index (κ1) is 33.6. The van der Waals surface area contributed by atoms with Crippen LogP contribution in [0, 0.1) is 0 Å². The third kappa shape index (κ3) is 8.96. The molecule has 9 atom stereocenters. The molecule has 0 spiro atoms. The van der Waals surface area contributed by atoms with Crippen molar-refractivity contribution in [2.75, 3.05) is 34.5 Å². The molecule has 2 aliphatic heterocycles. The molecule has 0 bridgehead atoms. The number of hydrogen-bond donors (Lipinski definition) is 1. The fourth-order valence-corrected chi connectivity index (χ4v) is 5.74. The smallest absolute Gasteiger partial charge is 0.187 e. The monoisotopic (exact) mass is 624 g/mol. The summed E-state index contributed by atoms with van der Waals surface area (Å²) in [6, 6.07) is 29.8. The molecule has 10 nitrogen and oxygen atoms in total. The molecule has 10 heteroatoms. The molecule has 0 aliphatic carbocycles. The van der Waals surface area contributed by atoms with E-state index >= 15 is 0 Å². The second kappa shape index (κ2) is 17.3. The molecule has 2 heterocycles. The van der Waals surface area contributed by atoms with E-state index in [2.05, 4.69) is 0 Å². The van der Waals surface area contributed by atoms with Crippen molar-refractivity contribution in [3.63, 3.8) is 0 Å². The van der Waals surface area contributed by atoms with E-state index in [1.165, 1.54) is 7.11 Å². The Hall–Kier alpha value is -2.74. The van der Waals surface area contributed by atoms with E-state index in [0.29, 0.717) is 19.8 Å². The zero-order valence-electron chi connectivity index (χ0n) is 26.0. The quantitative estimate of drug-likeness (QED) is 0.238. The predicted molar refractivity (Wildman–Crippen MR) is 164 cm³/mol. The van der Waals surface area contributed by atoms with Crippen LogP contribution in [0.1, 0.15) is 16.7 Å². The van der Waals surface area contributed by atoms with Gasteiger partial charge in [0.15, 0.2) is 12.6 Å². The lowest BCUT2D eigenvalue weighted by molar-refractivity contribution is -0.245.